The average Bonchev–Trinajstić information content (AvgIpc) is 2.23. The molecule has 0 radical (unpaired) electrons. The Bertz CT molecular complexity index is 338. The molecule has 2 unspecified atom stereocenters. The van der Waals surface area contributed by atoms with Gasteiger partial charge >= 0.3 is 0 Å². The Labute approximate surface area is 98.2 Å². The Morgan fingerprint density at radius 1 is 1.40 bits per heavy atom. The maximum atomic E-state index is 13.9. The fraction of sp³-hybridized carbons (Fsp3) is 0.500. The van der Waals surface area contributed by atoms with Gasteiger partial charge in [-0.25, -0.2) is 4.39 Å². The standard InChI is InChI=1S/C12H15BrFN/c1-12(11(14)3-2-8-15-12)9-4-6-10(13)7-5-9/h4-7,11,15H,2-3,8H2,1H3. The molecule has 15 heavy (non-hydrogen) atoms. The van der Waals surface area contributed by atoms with Gasteiger partial charge in [-0.05, 0) is 44.0 Å². The zero-order chi connectivity index (χ0) is 10.9. The van der Waals surface area contributed by atoms with Crippen LogP contribution in [-0.4, -0.2) is 12.7 Å². The SMILES string of the molecule is CC1(c2ccc(Br)cc2)NCCCC1F. The lowest BCUT2D eigenvalue weighted by Gasteiger charge is -2.38. The molecule has 2 rings (SSSR count). The van der Waals surface area contributed by atoms with Gasteiger partial charge in [-0.1, -0.05) is 28.1 Å². The molecule has 0 spiro atoms. The number of hydrogen-bond acceptors (Lipinski definition) is 1. The molecule has 82 valence electrons. The van der Waals surface area contributed by atoms with E-state index in [1.54, 1.807) is 0 Å². The van der Waals surface area contributed by atoms with Crippen LogP contribution in [0.5, 0.6) is 0 Å². The second-order valence-corrected chi connectivity index (χ2v) is 5.16. The summed E-state index contributed by atoms with van der Waals surface area (Å²) in [5.74, 6) is 0. The minimum atomic E-state index is -0.799. The molecule has 1 nitrogen and oxygen atoms in total. The van der Waals surface area contributed by atoms with Gasteiger partial charge in [0, 0.05) is 4.47 Å². The Hall–Kier alpha value is -0.410. The number of nitrogens with one attached hydrogen (secondary N) is 1. The van der Waals surface area contributed by atoms with Crippen molar-refractivity contribution in [1.82, 2.24) is 5.32 Å². The number of hydrogen-bond donors (Lipinski definition) is 1. The zero-order valence-electron chi connectivity index (χ0n) is 8.76. The van der Waals surface area contributed by atoms with Crippen LogP contribution in [0.25, 0.3) is 0 Å². The van der Waals surface area contributed by atoms with Gasteiger partial charge in [-0.2, -0.15) is 0 Å². The fourth-order valence-corrected chi connectivity index (χ4v) is 2.37. The summed E-state index contributed by atoms with van der Waals surface area (Å²) in [6.07, 6.45) is 0.778. The normalized spacial score (nSPS) is 31.5. The lowest BCUT2D eigenvalue weighted by Crippen LogP contribution is -2.51. The van der Waals surface area contributed by atoms with Crippen LogP contribution in [0.15, 0.2) is 28.7 Å². The topological polar surface area (TPSA) is 12.0 Å². The molecule has 0 amide bonds. The maximum Gasteiger partial charge on any atom is 0.122 e. The van der Waals surface area contributed by atoms with Crippen molar-refractivity contribution < 1.29 is 4.39 Å². The highest BCUT2D eigenvalue weighted by Crippen LogP contribution is 2.33. The van der Waals surface area contributed by atoms with Crippen molar-refractivity contribution in [2.75, 3.05) is 6.54 Å². The molecule has 1 N–H and O–H groups in total. The Morgan fingerprint density at radius 2 is 2.07 bits per heavy atom. The molecule has 2 atom stereocenters. The third kappa shape index (κ3) is 2.08. The zero-order valence-corrected chi connectivity index (χ0v) is 10.3. The van der Waals surface area contributed by atoms with Gasteiger partial charge in [0.2, 0.25) is 0 Å². The molecule has 0 aromatic heterocycles. The van der Waals surface area contributed by atoms with E-state index in [9.17, 15) is 4.39 Å². The molecular weight excluding hydrogens is 257 g/mol. The van der Waals surface area contributed by atoms with Crippen molar-refractivity contribution in [1.29, 1.82) is 0 Å². The van der Waals surface area contributed by atoms with Crippen molar-refractivity contribution in [3.8, 4) is 0 Å². The van der Waals surface area contributed by atoms with Gasteiger partial charge in [0.25, 0.3) is 0 Å². The molecule has 1 aromatic carbocycles. The number of benzene rings is 1. The molecule has 0 aliphatic carbocycles. The molecule has 0 saturated carbocycles. The van der Waals surface area contributed by atoms with E-state index in [2.05, 4.69) is 21.2 Å². The van der Waals surface area contributed by atoms with Crippen LogP contribution in [0.2, 0.25) is 0 Å². The largest absolute Gasteiger partial charge is 0.305 e. The van der Waals surface area contributed by atoms with Crippen LogP contribution in [-0.2, 0) is 5.54 Å². The van der Waals surface area contributed by atoms with Gasteiger partial charge in [-0.3, -0.25) is 0 Å². The number of rotatable bonds is 1. The molecule has 1 aromatic rings. The molecule has 3 heteroatoms. The van der Waals surface area contributed by atoms with E-state index in [1.807, 2.05) is 31.2 Å². The van der Waals surface area contributed by atoms with Crippen molar-refractivity contribution in [3.63, 3.8) is 0 Å². The van der Waals surface area contributed by atoms with Gasteiger partial charge in [-0.15, -0.1) is 0 Å². The van der Waals surface area contributed by atoms with E-state index >= 15 is 0 Å². The maximum absolute atomic E-state index is 13.9. The molecule has 1 aliphatic rings. The van der Waals surface area contributed by atoms with Gasteiger partial charge in [0.05, 0.1) is 5.54 Å². The van der Waals surface area contributed by atoms with Gasteiger partial charge in [0.15, 0.2) is 0 Å². The quantitative estimate of drug-likeness (QED) is 0.826. The first kappa shape index (κ1) is 11.1. The Morgan fingerprint density at radius 3 is 2.67 bits per heavy atom. The van der Waals surface area contributed by atoms with Crippen LogP contribution >= 0.6 is 15.9 Å². The predicted octanol–water partition coefficient (Wildman–Crippen LogP) is 3.39. The highest BCUT2D eigenvalue weighted by atomic mass is 79.9. The van der Waals surface area contributed by atoms with Crippen LogP contribution < -0.4 is 5.32 Å². The third-order valence-corrected chi connectivity index (χ3v) is 3.73. The van der Waals surface area contributed by atoms with Crippen molar-refractivity contribution >= 4 is 15.9 Å². The second kappa shape index (κ2) is 4.22. The van der Waals surface area contributed by atoms with E-state index in [1.165, 1.54) is 0 Å². The van der Waals surface area contributed by atoms with Crippen molar-refractivity contribution in [3.05, 3.63) is 34.3 Å². The lowest BCUT2D eigenvalue weighted by molar-refractivity contribution is 0.121. The molecular formula is C12H15BrFN. The van der Waals surface area contributed by atoms with Crippen LogP contribution in [0.4, 0.5) is 4.39 Å². The Kier molecular flexibility index (Phi) is 3.12. The van der Waals surface area contributed by atoms with Crippen LogP contribution in [0, 0.1) is 0 Å². The minimum Gasteiger partial charge on any atom is -0.305 e. The molecule has 1 aliphatic heterocycles. The summed E-state index contributed by atoms with van der Waals surface area (Å²) < 4.78 is 15.0. The monoisotopic (exact) mass is 271 g/mol. The molecule has 0 bridgehead atoms. The van der Waals surface area contributed by atoms with Crippen molar-refractivity contribution in [2.24, 2.45) is 0 Å². The van der Waals surface area contributed by atoms with E-state index in [4.69, 9.17) is 0 Å². The average molecular weight is 272 g/mol. The highest BCUT2D eigenvalue weighted by Gasteiger charge is 2.37. The van der Waals surface area contributed by atoms with E-state index in [0.29, 0.717) is 6.42 Å². The first-order valence-corrected chi connectivity index (χ1v) is 6.07. The minimum absolute atomic E-state index is 0.515. The van der Waals surface area contributed by atoms with E-state index in [0.717, 1.165) is 23.0 Å². The summed E-state index contributed by atoms with van der Waals surface area (Å²) in [6.45, 7) is 2.84. The predicted molar refractivity (Wildman–Crippen MR) is 63.6 cm³/mol. The fourth-order valence-electron chi connectivity index (χ4n) is 2.11. The van der Waals surface area contributed by atoms with Gasteiger partial charge < -0.3 is 5.32 Å². The summed E-state index contributed by atoms with van der Waals surface area (Å²) in [4.78, 5) is 0. The Balaban J connectivity index is 2.30. The second-order valence-electron chi connectivity index (χ2n) is 4.25. The number of halogens is 2. The van der Waals surface area contributed by atoms with Gasteiger partial charge in [0.1, 0.15) is 6.17 Å². The lowest BCUT2D eigenvalue weighted by atomic mass is 9.82. The van der Waals surface area contributed by atoms with Crippen LogP contribution in [0.1, 0.15) is 25.3 Å². The first-order valence-electron chi connectivity index (χ1n) is 5.28. The van der Waals surface area contributed by atoms with E-state index in [-0.39, 0.29) is 0 Å². The van der Waals surface area contributed by atoms with E-state index < -0.39 is 11.7 Å². The summed E-state index contributed by atoms with van der Waals surface area (Å²) in [5, 5.41) is 3.29. The highest BCUT2D eigenvalue weighted by molar-refractivity contribution is 9.10. The number of alkyl halides is 1. The first-order chi connectivity index (χ1) is 7.13. The summed E-state index contributed by atoms with van der Waals surface area (Å²) in [6, 6.07) is 7.89. The summed E-state index contributed by atoms with van der Waals surface area (Å²) in [5.41, 5.74) is 0.511. The van der Waals surface area contributed by atoms with Crippen LogP contribution in [0.3, 0.4) is 0 Å². The summed E-state index contributed by atoms with van der Waals surface area (Å²) in [7, 11) is 0. The summed E-state index contributed by atoms with van der Waals surface area (Å²) >= 11 is 3.39. The van der Waals surface area contributed by atoms with Crippen molar-refractivity contribution in [2.45, 2.75) is 31.5 Å². The number of piperidine rings is 1. The third-order valence-electron chi connectivity index (χ3n) is 3.20. The molecule has 1 fully saturated rings. The molecule has 1 heterocycles. The smallest absolute Gasteiger partial charge is 0.122 e. The molecule has 1 saturated heterocycles.